The van der Waals surface area contributed by atoms with Gasteiger partial charge in [0.15, 0.2) is 5.78 Å². The molecule has 1 saturated heterocycles. The van der Waals surface area contributed by atoms with Crippen molar-refractivity contribution >= 4 is 38.5 Å². The first-order valence-corrected chi connectivity index (χ1v) is 19.3. The zero-order valence-electron chi connectivity index (χ0n) is 29.7. The average Bonchev–Trinajstić information content (AvgIpc) is 3.94. The molecule has 0 unspecified atom stereocenters. The summed E-state index contributed by atoms with van der Waals surface area (Å²) in [6.45, 7) is 7.46. The minimum atomic E-state index is -3.90. The fourth-order valence-electron chi connectivity index (χ4n) is 7.34. The number of amides is 2. The number of nitrogens with two attached hydrogens (primary N) is 1. The summed E-state index contributed by atoms with van der Waals surface area (Å²) in [6.07, 6.45) is 8.39. The second-order valence-electron chi connectivity index (χ2n) is 15.1. The number of carbonyl (C=O) groups is 3. The molecule has 3 N–H and O–H groups in total. The zero-order chi connectivity index (χ0) is 36.0. The molecule has 5 atom stereocenters. The summed E-state index contributed by atoms with van der Waals surface area (Å²) >= 11 is 0. The van der Waals surface area contributed by atoms with Gasteiger partial charge in [0.2, 0.25) is 27.7 Å². The summed E-state index contributed by atoms with van der Waals surface area (Å²) in [6, 6.07) is 3.75. The van der Waals surface area contributed by atoms with Crippen LogP contribution in [0.1, 0.15) is 90.5 Å². The molecule has 2 aromatic rings. The Hall–Kier alpha value is -3.71. The number of methoxy groups -OCH3 is 1. The van der Waals surface area contributed by atoms with Crippen LogP contribution < -0.4 is 24.7 Å². The lowest BCUT2D eigenvalue weighted by Gasteiger charge is -2.27. The number of aryl methyl sites for hydroxylation is 1. The summed E-state index contributed by atoms with van der Waals surface area (Å²) in [7, 11) is -2.31. The van der Waals surface area contributed by atoms with E-state index in [1.807, 2.05) is 45.1 Å². The largest absolute Gasteiger partial charge is 0.496 e. The molecule has 1 aromatic heterocycles. The van der Waals surface area contributed by atoms with Crippen LogP contribution in [0.5, 0.6) is 17.4 Å². The summed E-state index contributed by atoms with van der Waals surface area (Å²) in [5, 5.41) is 0.729. The molecular weight excluding hydrogens is 660 g/mol. The Morgan fingerprint density at radius 1 is 1.14 bits per heavy atom. The second kappa shape index (κ2) is 13.8. The van der Waals surface area contributed by atoms with Gasteiger partial charge in [0.05, 0.1) is 47.5 Å². The van der Waals surface area contributed by atoms with Crippen LogP contribution in [0.25, 0.3) is 10.9 Å². The van der Waals surface area contributed by atoms with Gasteiger partial charge in [-0.3, -0.25) is 19.1 Å². The molecule has 3 heterocycles. The molecule has 2 saturated carbocycles. The van der Waals surface area contributed by atoms with E-state index in [0.29, 0.717) is 48.6 Å². The summed E-state index contributed by atoms with van der Waals surface area (Å²) < 4.78 is 45.6. The molecule has 0 radical (unpaired) electrons. The van der Waals surface area contributed by atoms with Crippen molar-refractivity contribution in [3.8, 4) is 17.4 Å². The molecule has 12 nitrogen and oxygen atoms in total. The number of hydrogen-bond acceptors (Lipinski definition) is 10. The van der Waals surface area contributed by atoms with E-state index in [1.54, 1.807) is 20.1 Å². The first-order chi connectivity index (χ1) is 23.7. The molecule has 272 valence electrons. The maximum Gasteiger partial charge on any atom is 0.240 e. The number of pyridine rings is 1. The van der Waals surface area contributed by atoms with Crippen LogP contribution >= 0.6 is 0 Å². The van der Waals surface area contributed by atoms with Crippen LogP contribution in [-0.2, 0) is 24.4 Å². The summed E-state index contributed by atoms with van der Waals surface area (Å²) in [5.74, 6) is -0.0310. The quantitative estimate of drug-likeness (QED) is 0.373. The first-order valence-electron chi connectivity index (χ1n) is 17.8. The zero-order valence-corrected chi connectivity index (χ0v) is 30.5. The van der Waals surface area contributed by atoms with Gasteiger partial charge in [-0.2, -0.15) is 0 Å². The van der Waals surface area contributed by atoms with Gasteiger partial charge in [0.1, 0.15) is 17.6 Å². The highest BCUT2D eigenvalue weighted by atomic mass is 32.2. The van der Waals surface area contributed by atoms with Gasteiger partial charge in [0, 0.05) is 29.9 Å². The van der Waals surface area contributed by atoms with Gasteiger partial charge in [-0.25, -0.2) is 13.4 Å². The van der Waals surface area contributed by atoms with Gasteiger partial charge < -0.3 is 24.8 Å². The molecule has 2 aliphatic carbocycles. The van der Waals surface area contributed by atoms with Crippen LogP contribution in [0.15, 0.2) is 30.4 Å². The molecule has 6 rings (SSSR count). The molecule has 3 fully saturated rings. The third-order valence-corrected chi connectivity index (χ3v) is 13.0. The summed E-state index contributed by atoms with van der Waals surface area (Å²) in [5.41, 5.74) is 6.70. The van der Waals surface area contributed by atoms with Crippen molar-refractivity contribution in [2.75, 3.05) is 13.7 Å². The number of ketones is 1. The second-order valence-corrected chi connectivity index (χ2v) is 17.3. The lowest BCUT2D eigenvalue weighted by Crippen LogP contribution is -2.50. The van der Waals surface area contributed by atoms with Gasteiger partial charge in [-0.15, -0.1) is 0 Å². The third-order valence-electron chi connectivity index (χ3n) is 10.9. The van der Waals surface area contributed by atoms with Crippen molar-refractivity contribution in [2.45, 2.75) is 121 Å². The highest BCUT2D eigenvalue weighted by Crippen LogP contribution is 2.57. The van der Waals surface area contributed by atoms with Crippen LogP contribution in [0.4, 0.5) is 0 Å². The molecule has 0 spiro atoms. The van der Waals surface area contributed by atoms with Crippen molar-refractivity contribution < 1.29 is 37.0 Å². The van der Waals surface area contributed by atoms with Gasteiger partial charge in [-0.1, -0.05) is 25.0 Å². The van der Waals surface area contributed by atoms with E-state index >= 15 is 0 Å². The van der Waals surface area contributed by atoms with Crippen molar-refractivity contribution in [1.82, 2.24) is 14.6 Å². The van der Waals surface area contributed by atoms with E-state index in [4.69, 9.17) is 24.9 Å². The number of allylic oxidation sites excluding steroid dienone is 2. The van der Waals surface area contributed by atoms with Crippen LogP contribution in [-0.4, -0.2) is 78.6 Å². The first kappa shape index (κ1) is 36.1. The average molecular weight is 711 g/mol. The monoisotopic (exact) mass is 710 g/mol. The lowest BCUT2D eigenvalue weighted by atomic mass is 9.91. The smallest absolute Gasteiger partial charge is 0.240 e. The normalized spacial score (nSPS) is 29.0. The van der Waals surface area contributed by atoms with E-state index < -0.39 is 44.3 Å². The minimum Gasteiger partial charge on any atom is -0.496 e. The van der Waals surface area contributed by atoms with Crippen molar-refractivity contribution in [3.05, 3.63) is 35.9 Å². The number of hydrogen-bond donors (Lipinski definition) is 2. The van der Waals surface area contributed by atoms with E-state index in [9.17, 15) is 22.8 Å². The van der Waals surface area contributed by atoms with Crippen molar-refractivity contribution in [1.29, 1.82) is 0 Å². The molecular formula is C37H50N4O8S. The van der Waals surface area contributed by atoms with Gasteiger partial charge in [0.25, 0.3) is 0 Å². The Morgan fingerprint density at radius 3 is 2.60 bits per heavy atom. The topological polar surface area (TPSA) is 167 Å². The van der Waals surface area contributed by atoms with Gasteiger partial charge >= 0.3 is 0 Å². The number of Topliss-reactive ketones (excluding diaryl/α,β-unsaturated/α-hetero) is 1. The molecule has 50 heavy (non-hydrogen) atoms. The predicted octanol–water partition coefficient (Wildman–Crippen LogP) is 4.50. The number of sulfonamides is 1. The fraction of sp³-hybridized carbons (Fsp3) is 0.622. The van der Waals surface area contributed by atoms with E-state index in [0.717, 1.165) is 36.6 Å². The number of benzene rings is 1. The Labute approximate surface area is 294 Å². The number of carbonyl (C=O) groups excluding carboxylic acids is 3. The Bertz CT molecular complexity index is 1810. The third kappa shape index (κ3) is 7.08. The van der Waals surface area contributed by atoms with Gasteiger partial charge in [-0.05, 0) is 84.3 Å². The summed E-state index contributed by atoms with van der Waals surface area (Å²) in [4.78, 5) is 48.2. The number of fused-ring (bicyclic) bond motifs is 3. The number of ether oxygens (including phenoxy) is 3. The number of nitrogens with one attached hydrogen (secondary N) is 1. The van der Waals surface area contributed by atoms with Crippen LogP contribution in [0, 0.1) is 18.3 Å². The molecule has 2 amide bonds. The Kier molecular flexibility index (Phi) is 9.95. The van der Waals surface area contributed by atoms with E-state index in [-0.39, 0.29) is 43.1 Å². The molecule has 4 aliphatic rings. The standard InChI is InChI=1S/C37H50N4O8S/c1-22(2)48-32-18-31(26-13-14-30(47-5)23(3)33(26)39-32)49-25-17-28-29(42)20-37(35(44)40-50(45,46)36(4)15-16-36)19-24(37)11-9-7-6-8-10-12-27(38)34(43)41(28)21-25/h9,11,13-14,18,22,24-25,27-28H,6-8,10,12,15-17,19-21,38H2,1-5H3,(H,40,44)/b11-9-/t24-,25-,27+,28+,37-/m1/s1. The minimum absolute atomic E-state index is 0.123. The maximum absolute atomic E-state index is 14.3. The fourth-order valence-corrected chi connectivity index (χ4v) is 8.67. The van der Waals surface area contributed by atoms with Crippen LogP contribution in [0.3, 0.4) is 0 Å². The Balaban J connectivity index is 1.31. The SMILES string of the molecule is COc1ccc2c(O[C@@H]3C[C@H]4C(=O)C[C@]5(C(=O)NS(=O)(=O)C6(C)CC6)C[C@H]5/C=C\CCCCC[C@H](N)C(=O)N4C3)cc(OC(C)C)nc2c1C. The lowest BCUT2D eigenvalue weighted by molar-refractivity contribution is -0.140. The van der Waals surface area contributed by atoms with Crippen molar-refractivity contribution in [2.24, 2.45) is 17.1 Å². The number of nitrogens with zero attached hydrogens (tertiary/aromatic N) is 2. The maximum atomic E-state index is 14.3. The molecule has 2 aliphatic heterocycles. The Morgan fingerprint density at radius 2 is 1.90 bits per heavy atom. The highest BCUT2D eigenvalue weighted by Gasteiger charge is 2.62. The number of aromatic nitrogens is 1. The highest BCUT2D eigenvalue weighted by molar-refractivity contribution is 7.91. The van der Waals surface area contributed by atoms with Crippen LogP contribution in [0.2, 0.25) is 0 Å². The van der Waals surface area contributed by atoms with E-state index in [2.05, 4.69) is 4.72 Å². The molecule has 1 aromatic carbocycles. The predicted molar refractivity (Wildman–Crippen MR) is 188 cm³/mol. The molecule has 0 bridgehead atoms. The molecule has 13 heteroatoms. The van der Waals surface area contributed by atoms with E-state index in [1.165, 1.54) is 4.90 Å². The number of rotatable bonds is 8. The van der Waals surface area contributed by atoms with Crippen molar-refractivity contribution in [3.63, 3.8) is 0 Å².